The molecule has 0 bridgehead atoms. The molecule has 0 heterocycles. The van der Waals surface area contributed by atoms with Crippen LogP contribution in [-0.4, -0.2) is 16.7 Å². The number of benzene rings is 1. The Labute approximate surface area is 188 Å². The largest absolute Gasteiger partial charge is 0.390 e. The summed E-state index contributed by atoms with van der Waals surface area (Å²) in [5.41, 5.74) is 1.84. The predicted molar refractivity (Wildman–Crippen MR) is 125 cm³/mol. The van der Waals surface area contributed by atoms with Crippen LogP contribution < -0.4 is 5.32 Å². The molecule has 9 atom stereocenters. The molecule has 1 aromatic rings. The first-order chi connectivity index (χ1) is 14.8. The molecule has 168 valence electrons. The van der Waals surface area contributed by atoms with Crippen molar-refractivity contribution >= 4 is 5.69 Å². The Morgan fingerprint density at radius 3 is 2.65 bits per heavy atom. The van der Waals surface area contributed by atoms with E-state index in [0.717, 1.165) is 53.7 Å². The van der Waals surface area contributed by atoms with Crippen molar-refractivity contribution in [3.8, 4) is 6.07 Å². The summed E-state index contributed by atoms with van der Waals surface area (Å²) in [6.07, 6.45) is 11.5. The van der Waals surface area contributed by atoms with Gasteiger partial charge in [0.2, 0.25) is 0 Å². The molecule has 3 heteroatoms. The molecule has 2 N–H and O–H groups in total. The van der Waals surface area contributed by atoms with Crippen LogP contribution in [-0.2, 0) is 0 Å². The lowest BCUT2D eigenvalue weighted by molar-refractivity contribution is -0.100. The molecule has 0 spiro atoms. The number of fused-ring (bicyclic) bond motifs is 5. The Kier molecular flexibility index (Phi) is 5.37. The van der Waals surface area contributed by atoms with Crippen LogP contribution in [0.4, 0.5) is 5.69 Å². The number of rotatable bonds is 3. The highest BCUT2D eigenvalue weighted by Crippen LogP contribution is 2.65. The SMILES string of the molecule is C[C@@H](Nc1cccc(C#N)c1)C1CC[C@H]2[C@@H]3CC[C@@H]4C[C@](C)(O)CC[C@@H]4[C@H]3CC[C@]12C. The Morgan fingerprint density at radius 1 is 1.03 bits per heavy atom. The maximum Gasteiger partial charge on any atom is 0.0992 e. The van der Waals surface area contributed by atoms with Gasteiger partial charge in [0.25, 0.3) is 0 Å². The van der Waals surface area contributed by atoms with E-state index in [2.05, 4.69) is 38.2 Å². The summed E-state index contributed by atoms with van der Waals surface area (Å²) >= 11 is 0. The summed E-state index contributed by atoms with van der Waals surface area (Å²) in [6.45, 7) is 7.03. The quantitative estimate of drug-likeness (QED) is 0.596. The molecule has 31 heavy (non-hydrogen) atoms. The smallest absolute Gasteiger partial charge is 0.0992 e. The van der Waals surface area contributed by atoms with Gasteiger partial charge in [-0.15, -0.1) is 0 Å². The Bertz CT molecular complexity index is 857. The Balaban J connectivity index is 1.30. The fourth-order valence-electron chi connectivity index (χ4n) is 8.99. The Hall–Kier alpha value is -1.53. The number of nitrogens with one attached hydrogen (secondary N) is 1. The van der Waals surface area contributed by atoms with Crippen molar-refractivity contribution in [2.24, 2.45) is 40.9 Å². The van der Waals surface area contributed by atoms with Gasteiger partial charge in [-0.25, -0.2) is 0 Å². The van der Waals surface area contributed by atoms with Gasteiger partial charge in [0, 0.05) is 11.7 Å². The van der Waals surface area contributed by atoms with Crippen molar-refractivity contribution < 1.29 is 5.11 Å². The summed E-state index contributed by atoms with van der Waals surface area (Å²) in [4.78, 5) is 0. The van der Waals surface area contributed by atoms with E-state index in [9.17, 15) is 10.4 Å². The monoisotopic (exact) mass is 420 g/mol. The molecule has 0 radical (unpaired) electrons. The van der Waals surface area contributed by atoms with Crippen molar-refractivity contribution in [2.75, 3.05) is 5.32 Å². The average Bonchev–Trinajstić information content (AvgIpc) is 3.10. The fraction of sp³-hybridized carbons (Fsp3) is 0.750. The third-order valence-electron chi connectivity index (χ3n) is 10.3. The summed E-state index contributed by atoms with van der Waals surface area (Å²) in [6, 6.07) is 10.6. The molecule has 1 unspecified atom stereocenters. The minimum atomic E-state index is -0.417. The van der Waals surface area contributed by atoms with Gasteiger partial charge in [-0.3, -0.25) is 0 Å². The first kappa shape index (κ1) is 21.3. The number of nitriles is 1. The lowest BCUT2D eigenvalue weighted by Crippen LogP contribution is -2.51. The zero-order chi connectivity index (χ0) is 21.8. The van der Waals surface area contributed by atoms with Crippen LogP contribution >= 0.6 is 0 Å². The van der Waals surface area contributed by atoms with Crippen molar-refractivity contribution in [1.29, 1.82) is 5.26 Å². The van der Waals surface area contributed by atoms with E-state index in [1.165, 1.54) is 44.9 Å². The van der Waals surface area contributed by atoms with E-state index >= 15 is 0 Å². The molecule has 4 aliphatic carbocycles. The summed E-state index contributed by atoms with van der Waals surface area (Å²) in [5, 5.41) is 23.6. The lowest BCUT2D eigenvalue weighted by Gasteiger charge is -2.57. The molecule has 5 rings (SSSR count). The molecule has 0 saturated heterocycles. The third kappa shape index (κ3) is 3.70. The lowest BCUT2D eigenvalue weighted by atomic mass is 9.49. The van der Waals surface area contributed by atoms with Crippen LogP contribution in [0.25, 0.3) is 0 Å². The van der Waals surface area contributed by atoms with E-state index in [-0.39, 0.29) is 0 Å². The molecule has 4 fully saturated rings. The summed E-state index contributed by atoms with van der Waals surface area (Å²) < 4.78 is 0. The van der Waals surface area contributed by atoms with E-state index in [1.807, 2.05) is 18.2 Å². The highest BCUT2D eigenvalue weighted by Gasteiger charge is 2.58. The van der Waals surface area contributed by atoms with Gasteiger partial charge in [0.15, 0.2) is 0 Å². The molecular formula is C28H40N2O. The molecule has 0 aromatic heterocycles. The van der Waals surface area contributed by atoms with E-state index in [0.29, 0.717) is 17.4 Å². The molecule has 4 aliphatic rings. The standard InChI is InChI=1S/C28H40N2O/c1-18(30-21-6-4-5-19(15-21)17-29)25-9-10-26-24-8-7-20-16-27(2,31)13-11-22(20)23(24)12-14-28(25,26)3/h4-6,15,18,20,22-26,30-31H,7-14,16H2,1-3H3/t18-,20-,22+,23-,24-,25?,26+,27-,28-/m1/s1. The Morgan fingerprint density at radius 2 is 1.84 bits per heavy atom. The first-order valence-corrected chi connectivity index (χ1v) is 12.8. The van der Waals surface area contributed by atoms with Gasteiger partial charge >= 0.3 is 0 Å². The second kappa shape index (κ2) is 7.80. The van der Waals surface area contributed by atoms with Crippen molar-refractivity contribution in [3.05, 3.63) is 29.8 Å². The molecule has 1 aromatic carbocycles. The van der Waals surface area contributed by atoms with Crippen molar-refractivity contribution in [2.45, 2.75) is 90.2 Å². The van der Waals surface area contributed by atoms with Crippen LogP contribution in [0.15, 0.2) is 24.3 Å². The minimum absolute atomic E-state index is 0.417. The summed E-state index contributed by atoms with van der Waals surface area (Å²) in [5.74, 6) is 5.01. The van der Waals surface area contributed by atoms with Gasteiger partial charge in [-0.05, 0) is 131 Å². The highest BCUT2D eigenvalue weighted by atomic mass is 16.3. The zero-order valence-electron chi connectivity index (χ0n) is 19.6. The fourth-order valence-corrected chi connectivity index (χ4v) is 8.99. The number of aliphatic hydroxyl groups is 1. The van der Waals surface area contributed by atoms with Crippen molar-refractivity contribution in [1.82, 2.24) is 0 Å². The van der Waals surface area contributed by atoms with Gasteiger partial charge in [0.1, 0.15) is 0 Å². The molecule has 0 aliphatic heterocycles. The van der Waals surface area contributed by atoms with Crippen LogP contribution in [0, 0.1) is 52.3 Å². The van der Waals surface area contributed by atoms with E-state index < -0.39 is 5.60 Å². The minimum Gasteiger partial charge on any atom is -0.390 e. The average molecular weight is 421 g/mol. The zero-order valence-corrected chi connectivity index (χ0v) is 19.6. The maximum atomic E-state index is 10.6. The van der Waals surface area contributed by atoms with E-state index in [4.69, 9.17) is 0 Å². The van der Waals surface area contributed by atoms with Gasteiger partial charge in [-0.2, -0.15) is 5.26 Å². The number of hydrogen-bond donors (Lipinski definition) is 2. The number of nitrogens with zero attached hydrogens (tertiary/aromatic N) is 1. The summed E-state index contributed by atoms with van der Waals surface area (Å²) in [7, 11) is 0. The van der Waals surface area contributed by atoms with Crippen LogP contribution in [0.3, 0.4) is 0 Å². The van der Waals surface area contributed by atoms with Crippen LogP contribution in [0.5, 0.6) is 0 Å². The highest BCUT2D eigenvalue weighted by molar-refractivity contribution is 5.49. The first-order valence-electron chi connectivity index (χ1n) is 12.8. The van der Waals surface area contributed by atoms with E-state index in [1.54, 1.807) is 0 Å². The van der Waals surface area contributed by atoms with Crippen LogP contribution in [0.1, 0.15) is 84.1 Å². The van der Waals surface area contributed by atoms with Gasteiger partial charge < -0.3 is 10.4 Å². The second-order valence-corrected chi connectivity index (χ2v) is 12.0. The molecule has 3 nitrogen and oxygen atoms in total. The molecule has 0 amide bonds. The predicted octanol–water partition coefficient (Wildman–Crippen LogP) is 6.38. The topological polar surface area (TPSA) is 56.0 Å². The maximum absolute atomic E-state index is 10.6. The molecular weight excluding hydrogens is 380 g/mol. The van der Waals surface area contributed by atoms with Gasteiger partial charge in [-0.1, -0.05) is 13.0 Å². The second-order valence-electron chi connectivity index (χ2n) is 12.0. The third-order valence-corrected chi connectivity index (χ3v) is 10.3. The van der Waals surface area contributed by atoms with Crippen LogP contribution in [0.2, 0.25) is 0 Å². The van der Waals surface area contributed by atoms with Crippen molar-refractivity contribution in [3.63, 3.8) is 0 Å². The normalized spacial score (nSPS) is 45.0. The van der Waals surface area contributed by atoms with Gasteiger partial charge in [0.05, 0.1) is 17.2 Å². The molecule has 4 saturated carbocycles. The number of hydrogen-bond acceptors (Lipinski definition) is 3. The number of anilines is 1.